The van der Waals surface area contributed by atoms with Gasteiger partial charge in [-0.25, -0.2) is 4.39 Å². The van der Waals surface area contributed by atoms with E-state index in [2.05, 4.69) is 26.6 Å². The Morgan fingerprint density at radius 2 is 1.80 bits per heavy atom. The van der Waals surface area contributed by atoms with Crippen LogP contribution < -0.4 is 10.6 Å². The maximum atomic E-state index is 12.7. The molecule has 0 atom stereocenters. The molecule has 0 radical (unpaired) electrons. The summed E-state index contributed by atoms with van der Waals surface area (Å²) in [5.74, 6) is -0.402. The minimum absolute atomic E-state index is 0.120. The average molecular weight is 337 g/mol. The summed E-state index contributed by atoms with van der Waals surface area (Å²) in [4.78, 5) is 11.7. The Morgan fingerprint density at radius 1 is 1.10 bits per heavy atom. The summed E-state index contributed by atoms with van der Waals surface area (Å²) in [5, 5.41) is 5.81. The third-order valence-corrected chi connectivity index (χ3v) is 3.41. The third kappa shape index (κ3) is 4.35. The summed E-state index contributed by atoms with van der Waals surface area (Å²) in [6.45, 7) is 0.570. The minimum Gasteiger partial charge on any atom is -0.375 e. The average Bonchev–Trinajstić information content (AvgIpc) is 2.46. The van der Waals surface area contributed by atoms with Gasteiger partial charge in [0.05, 0.1) is 6.54 Å². The first kappa shape index (κ1) is 14.5. The molecule has 0 saturated heterocycles. The van der Waals surface area contributed by atoms with Gasteiger partial charge in [0.15, 0.2) is 0 Å². The Kier molecular flexibility index (Phi) is 5.12. The quantitative estimate of drug-likeness (QED) is 0.879. The smallest absolute Gasteiger partial charge is 0.239 e. The maximum absolute atomic E-state index is 12.7. The summed E-state index contributed by atoms with van der Waals surface area (Å²) in [5.41, 5.74) is 1.73. The molecule has 0 aromatic heterocycles. The second kappa shape index (κ2) is 7.05. The molecule has 104 valence electrons. The van der Waals surface area contributed by atoms with Crippen molar-refractivity contribution < 1.29 is 9.18 Å². The molecule has 0 saturated carbocycles. The first-order valence-electron chi connectivity index (χ1n) is 6.15. The fourth-order valence-electron chi connectivity index (χ4n) is 1.65. The van der Waals surface area contributed by atoms with Crippen molar-refractivity contribution in [3.63, 3.8) is 0 Å². The zero-order valence-electron chi connectivity index (χ0n) is 10.7. The fraction of sp³-hybridized carbons (Fsp3) is 0.133. The Bertz CT molecular complexity index is 587. The molecule has 3 nitrogen and oxygen atoms in total. The molecule has 0 aliphatic carbocycles. The Morgan fingerprint density at radius 3 is 2.50 bits per heavy atom. The van der Waals surface area contributed by atoms with Crippen LogP contribution in [0.1, 0.15) is 5.56 Å². The van der Waals surface area contributed by atoms with Crippen molar-refractivity contribution >= 4 is 27.5 Å². The van der Waals surface area contributed by atoms with Crippen LogP contribution in [0.2, 0.25) is 0 Å². The van der Waals surface area contributed by atoms with Gasteiger partial charge in [0.25, 0.3) is 0 Å². The molecule has 0 aliphatic heterocycles. The number of para-hydroxylation sites is 1. The molecule has 1 amide bonds. The number of anilines is 1. The number of carbonyl (C=O) groups is 1. The monoisotopic (exact) mass is 336 g/mol. The largest absolute Gasteiger partial charge is 0.375 e. The van der Waals surface area contributed by atoms with E-state index in [0.717, 1.165) is 15.7 Å². The Balaban J connectivity index is 1.78. The lowest BCUT2D eigenvalue weighted by atomic mass is 10.2. The highest BCUT2D eigenvalue weighted by Gasteiger charge is 2.03. The number of nitrogens with one attached hydrogen (secondary N) is 2. The van der Waals surface area contributed by atoms with Gasteiger partial charge in [0, 0.05) is 16.7 Å². The number of hydrogen-bond donors (Lipinski definition) is 2. The van der Waals surface area contributed by atoms with Crippen LogP contribution in [-0.2, 0) is 11.3 Å². The molecule has 0 bridgehead atoms. The van der Waals surface area contributed by atoms with Crippen LogP contribution in [0, 0.1) is 5.82 Å². The minimum atomic E-state index is -0.282. The number of benzene rings is 2. The molecule has 0 spiro atoms. The van der Waals surface area contributed by atoms with Gasteiger partial charge >= 0.3 is 0 Å². The van der Waals surface area contributed by atoms with Gasteiger partial charge < -0.3 is 10.6 Å². The lowest BCUT2D eigenvalue weighted by molar-refractivity contribution is -0.119. The molecule has 0 unspecified atom stereocenters. The summed E-state index contributed by atoms with van der Waals surface area (Å²) >= 11 is 3.40. The Hall–Kier alpha value is -1.88. The van der Waals surface area contributed by atoms with E-state index >= 15 is 0 Å². The predicted molar refractivity (Wildman–Crippen MR) is 80.9 cm³/mol. The topological polar surface area (TPSA) is 41.1 Å². The van der Waals surface area contributed by atoms with E-state index in [1.165, 1.54) is 12.1 Å². The molecule has 0 fully saturated rings. The van der Waals surface area contributed by atoms with E-state index in [0.29, 0.717) is 6.54 Å². The fourth-order valence-corrected chi connectivity index (χ4v) is 2.07. The highest BCUT2D eigenvalue weighted by Crippen LogP contribution is 2.20. The molecule has 5 heteroatoms. The van der Waals surface area contributed by atoms with Crippen molar-refractivity contribution in [3.05, 3.63) is 64.4 Å². The van der Waals surface area contributed by atoms with Crippen molar-refractivity contribution in [2.45, 2.75) is 6.54 Å². The van der Waals surface area contributed by atoms with Crippen molar-refractivity contribution in [2.75, 3.05) is 11.9 Å². The van der Waals surface area contributed by atoms with Crippen molar-refractivity contribution in [2.24, 2.45) is 0 Å². The third-order valence-electron chi connectivity index (χ3n) is 2.72. The van der Waals surface area contributed by atoms with Gasteiger partial charge in [0.2, 0.25) is 5.91 Å². The molecule has 2 aromatic carbocycles. The van der Waals surface area contributed by atoms with Gasteiger partial charge in [-0.2, -0.15) is 0 Å². The second-order valence-corrected chi connectivity index (χ2v) is 5.09. The lowest BCUT2D eigenvalue weighted by Crippen LogP contribution is -2.29. The molecule has 20 heavy (non-hydrogen) atoms. The number of hydrogen-bond acceptors (Lipinski definition) is 2. The zero-order chi connectivity index (χ0) is 14.4. The van der Waals surface area contributed by atoms with Crippen LogP contribution in [0.4, 0.5) is 10.1 Å². The Labute approximate surface area is 125 Å². The highest BCUT2D eigenvalue weighted by molar-refractivity contribution is 9.10. The highest BCUT2D eigenvalue weighted by atomic mass is 79.9. The van der Waals surface area contributed by atoms with E-state index in [1.54, 1.807) is 12.1 Å². The summed E-state index contributed by atoms with van der Waals surface area (Å²) in [7, 11) is 0. The van der Waals surface area contributed by atoms with E-state index in [1.807, 2.05) is 24.3 Å². The molecule has 0 heterocycles. The van der Waals surface area contributed by atoms with Crippen molar-refractivity contribution in [3.8, 4) is 0 Å². The van der Waals surface area contributed by atoms with Crippen molar-refractivity contribution in [1.82, 2.24) is 5.32 Å². The van der Waals surface area contributed by atoms with Crippen LogP contribution in [0.3, 0.4) is 0 Å². The van der Waals surface area contributed by atoms with Gasteiger partial charge in [0.1, 0.15) is 5.82 Å². The lowest BCUT2D eigenvalue weighted by Gasteiger charge is -2.09. The van der Waals surface area contributed by atoms with Gasteiger partial charge in [-0.1, -0.05) is 24.3 Å². The van der Waals surface area contributed by atoms with Gasteiger partial charge in [-0.3, -0.25) is 4.79 Å². The van der Waals surface area contributed by atoms with Gasteiger partial charge in [-0.05, 0) is 45.8 Å². The normalized spacial score (nSPS) is 10.1. The maximum Gasteiger partial charge on any atom is 0.239 e. The zero-order valence-corrected chi connectivity index (χ0v) is 12.3. The van der Waals surface area contributed by atoms with E-state index < -0.39 is 0 Å². The van der Waals surface area contributed by atoms with Crippen LogP contribution in [0.15, 0.2) is 53.0 Å². The van der Waals surface area contributed by atoms with Crippen LogP contribution in [0.25, 0.3) is 0 Å². The summed E-state index contributed by atoms with van der Waals surface area (Å²) < 4.78 is 13.6. The SMILES string of the molecule is O=C(CNc1ccccc1Br)NCc1ccc(F)cc1. The molecule has 2 aromatic rings. The molecular weight excluding hydrogens is 323 g/mol. The predicted octanol–water partition coefficient (Wildman–Crippen LogP) is 3.32. The number of halogens is 2. The van der Waals surface area contributed by atoms with Crippen LogP contribution in [0.5, 0.6) is 0 Å². The number of amides is 1. The second-order valence-electron chi connectivity index (χ2n) is 4.24. The molecule has 2 N–H and O–H groups in total. The summed E-state index contributed by atoms with van der Waals surface area (Å²) in [6.07, 6.45) is 0. The molecule has 2 rings (SSSR count). The van der Waals surface area contributed by atoms with E-state index in [-0.39, 0.29) is 18.3 Å². The first-order valence-corrected chi connectivity index (χ1v) is 6.94. The number of rotatable bonds is 5. The van der Waals surface area contributed by atoms with E-state index in [4.69, 9.17) is 0 Å². The van der Waals surface area contributed by atoms with Crippen LogP contribution >= 0.6 is 15.9 Å². The standard InChI is InChI=1S/C15H14BrFN2O/c16-13-3-1-2-4-14(13)18-10-15(20)19-9-11-5-7-12(17)8-6-11/h1-8,18H,9-10H2,(H,19,20). The van der Waals surface area contributed by atoms with Crippen LogP contribution in [-0.4, -0.2) is 12.5 Å². The van der Waals surface area contributed by atoms with Crippen molar-refractivity contribution in [1.29, 1.82) is 0 Å². The molecular formula is C15H14BrFN2O. The van der Waals surface area contributed by atoms with E-state index in [9.17, 15) is 9.18 Å². The first-order chi connectivity index (χ1) is 9.65. The molecule has 0 aliphatic rings. The summed E-state index contributed by atoms with van der Waals surface area (Å²) in [6, 6.07) is 13.6. The van der Waals surface area contributed by atoms with Gasteiger partial charge in [-0.15, -0.1) is 0 Å². The number of carbonyl (C=O) groups excluding carboxylic acids is 1.